The molecule has 0 aliphatic carbocycles. The second-order valence-corrected chi connectivity index (χ2v) is 10.4. The van der Waals surface area contributed by atoms with Gasteiger partial charge in [-0.1, -0.05) is 0 Å². The number of nitrogens with zero attached hydrogens (tertiary/aromatic N) is 4. The molecule has 2 aliphatic heterocycles. The van der Waals surface area contributed by atoms with E-state index in [9.17, 15) is 19.6 Å². The first-order chi connectivity index (χ1) is 19.0. The number of hydrogen-bond donors (Lipinski definition) is 1. The smallest absolute Gasteiger partial charge is 0.264 e. The van der Waals surface area contributed by atoms with Crippen LogP contribution in [0.5, 0.6) is 11.5 Å². The molecule has 10 nitrogen and oxygen atoms in total. The Labute approximate surface area is 233 Å². The number of allylic oxidation sites excluding steroid dienone is 2. The first-order valence-corrected chi connectivity index (χ1v) is 13.1. The van der Waals surface area contributed by atoms with Crippen LogP contribution in [0.25, 0.3) is 11.1 Å². The Morgan fingerprint density at radius 3 is 2.23 bits per heavy atom. The van der Waals surface area contributed by atoms with Crippen molar-refractivity contribution in [3.63, 3.8) is 0 Å². The van der Waals surface area contributed by atoms with Gasteiger partial charge in [-0.3, -0.25) is 19.3 Å². The molecule has 2 unspecified atom stereocenters. The molecule has 0 spiro atoms. The molecule has 2 bridgehead atoms. The van der Waals surface area contributed by atoms with Crippen molar-refractivity contribution in [1.29, 1.82) is 5.26 Å². The van der Waals surface area contributed by atoms with Crippen LogP contribution < -0.4 is 20.8 Å². The number of ether oxygens (including phenoxy) is 2. The van der Waals surface area contributed by atoms with E-state index >= 15 is 0 Å². The molecule has 2 aromatic rings. The van der Waals surface area contributed by atoms with Crippen molar-refractivity contribution in [1.82, 2.24) is 14.4 Å². The number of hydrogen-bond acceptors (Lipinski definition) is 8. The van der Waals surface area contributed by atoms with Crippen molar-refractivity contribution < 1.29 is 19.1 Å². The number of aryl methyl sites for hydroxylation is 1. The molecular weight excluding hydrogens is 510 g/mol. The molecule has 1 aromatic heterocycles. The first-order valence-electron chi connectivity index (χ1n) is 13.1. The monoisotopic (exact) mass is 545 g/mol. The summed E-state index contributed by atoms with van der Waals surface area (Å²) in [4.78, 5) is 40.7. The molecule has 1 aromatic carbocycles. The maximum atomic E-state index is 13.0. The van der Waals surface area contributed by atoms with Crippen molar-refractivity contribution in [3.8, 4) is 28.7 Å². The predicted octanol–water partition coefficient (Wildman–Crippen LogP) is 2.35. The number of piperazine rings is 1. The normalized spacial score (nSPS) is 19.1. The Morgan fingerprint density at radius 2 is 1.70 bits per heavy atom. The van der Waals surface area contributed by atoms with E-state index in [-0.39, 0.29) is 40.6 Å². The van der Waals surface area contributed by atoms with Gasteiger partial charge in [0.2, 0.25) is 0 Å². The molecule has 4 rings (SSSR count). The summed E-state index contributed by atoms with van der Waals surface area (Å²) >= 11 is 0. The number of rotatable bonds is 8. The third kappa shape index (κ3) is 5.38. The predicted molar refractivity (Wildman–Crippen MR) is 151 cm³/mol. The average Bonchev–Trinajstić information content (AvgIpc) is 2.94. The Bertz CT molecular complexity index is 1490. The second kappa shape index (κ2) is 11.4. The lowest BCUT2D eigenvalue weighted by molar-refractivity contribution is -0.140. The molecule has 10 heteroatoms. The Morgan fingerprint density at radius 1 is 1.10 bits per heavy atom. The van der Waals surface area contributed by atoms with Gasteiger partial charge in [0.1, 0.15) is 23.1 Å². The van der Waals surface area contributed by atoms with E-state index in [1.54, 1.807) is 30.7 Å². The fourth-order valence-electron chi connectivity index (χ4n) is 5.61. The van der Waals surface area contributed by atoms with Gasteiger partial charge in [-0.15, -0.1) is 0 Å². The zero-order chi connectivity index (χ0) is 29.3. The number of aromatic nitrogens is 1. The molecular formula is C30H35N5O5. The van der Waals surface area contributed by atoms with Crippen LogP contribution in [0.2, 0.25) is 0 Å². The van der Waals surface area contributed by atoms with Crippen molar-refractivity contribution >= 4 is 11.7 Å². The third-order valence-electron chi connectivity index (χ3n) is 7.85. The minimum Gasteiger partial charge on any atom is -0.496 e. The van der Waals surface area contributed by atoms with Crippen LogP contribution in [-0.4, -0.2) is 65.5 Å². The van der Waals surface area contributed by atoms with Crippen molar-refractivity contribution in [2.45, 2.75) is 45.8 Å². The number of benzene rings is 1. The summed E-state index contributed by atoms with van der Waals surface area (Å²) in [7, 11) is 4.99. The summed E-state index contributed by atoms with van der Waals surface area (Å²) in [5.74, 6) is 0.715. The minimum absolute atomic E-state index is 0.0259. The molecule has 2 fully saturated rings. The number of carbonyl (C=O) groups excluding carboxylic acids is 2. The quantitative estimate of drug-likeness (QED) is 0.304. The van der Waals surface area contributed by atoms with E-state index in [0.717, 1.165) is 28.7 Å². The lowest BCUT2D eigenvalue weighted by Gasteiger charge is -2.56. The number of piperidine rings is 1. The van der Waals surface area contributed by atoms with Gasteiger partial charge in [0, 0.05) is 67.9 Å². The van der Waals surface area contributed by atoms with Crippen LogP contribution >= 0.6 is 0 Å². The third-order valence-corrected chi connectivity index (χ3v) is 7.85. The fourth-order valence-corrected chi connectivity index (χ4v) is 5.61. The number of ketones is 1. The number of nitriles is 1. The van der Waals surface area contributed by atoms with E-state index in [4.69, 9.17) is 15.2 Å². The fraction of sp³-hybridized carbons (Fsp3) is 0.400. The minimum atomic E-state index is -0.390. The van der Waals surface area contributed by atoms with Crippen LogP contribution in [-0.2, 0) is 23.2 Å². The number of fused-ring (bicyclic) bond motifs is 2. The van der Waals surface area contributed by atoms with Gasteiger partial charge in [0.05, 0.1) is 19.8 Å². The number of carbonyl (C=O) groups is 2. The van der Waals surface area contributed by atoms with Crippen LogP contribution in [0.3, 0.4) is 0 Å². The maximum absolute atomic E-state index is 13.0. The lowest BCUT2D eigenvalue weighted by Crippen LogP contribution is -2.68. The van der Waals surface area contributed by atoms with E-state index < -0.39 is 0 Å². The van der Waals surface area contributed by atoms with Crippen LogP contribution in [0.4, 0.5) is 0 Å². The van der Waals surface area contributed by atoms with Gasteiger partial charge in [-0.25, -0.2) is 0 Å². The van der Waals surface area contributed by atoms with Gasteiger partial charge in [-0.2, -0.15) is 5.26 Å². The highest BCUT2D eigenvalue weighted by Crippen LogP contribution is 2.41. The molecule has 2 N–H and O–H groups in total. The summed E-state index contributed by atoms with van der Waals surface area (Å²) in [5, 5.41) is 9.53. The van der Waals surface area contributed by atoms with Crippen molar-refractivity contribution in [2.75, 3.05) is 27.3 Å². The number of nitrogens with two attached hydrogens (primary N) is 1. The van der Waals surface area contributed by atoms with E-state index in [0.29, 0.717) is 36.7 Å². The SMILES string of the molecule is COc1cc(-c2cn(C)c(=O)c(C)c2C)cc(OC)c1CN1C2CC1CN(C(=O)/C(C#N)=C/C(N)=C/C(C)=O)C2. The Balaban J connectivity index is 1.56. The van der Waals surface area contributed by atoms with Crippen LogP contribution in [0.1, 0.15) is 30.0 Å². The molecule has 210 valence electrons. The Kier molecular flexibility index (Phi) is 8.16. The van der Waals surface area contributed by atoms with Gasteiger partial charge in [-0.05, 0) is 56.5 Å². The summed E-state index contributed by atoms with van der Waals surface area (Å²) in [5.41, 5.74) is 10.1. The highest BCUT2D eigenvalue weighted by atomic mass is 16.5. The standard InChI is InChI=1S/C30H35N5O5/c1-17(36)7-22(32)8-21(12-31)30(38)34-13-23-11-24(14-34)35(23)16-26-27(39-5)9-20(10-28(26)40-6)25-15-33(4)29(37)19(3)18(25)2/h7-10,15,23-24H,11,13-14,16,32H2,1-6H3/b21-8+,22-7-. The molecule has 0 radical (unpaired) electrons. The molecule has 3 heterocycles. The maximum Gasteiger partial charge on any atom is 0.264 e. The van der Waals surface area contributed by atoms with Crippen molar-refractivity contribution in [2.24, 2.45) is 12.8 Å². The summed E-state index contributed by atoms with van der Waals surface area (Å²) in [6.45, 7) is 6.64. The number of likely N-dealkylation sites (tertiary alicyclic amines) is 2. The molecule has 0 saturated carbocycles. The molecule has 40 heavy (non-hydrogen) atoms. The lowest BCUT2D eigenvalue weighted by atomic mass is 9.86. The van der Waals surface area contributed by atoms with Gasteiger partial charge < -0.3 is 24.7 Å². The molecule has 2 aliphatic rings. The van der Waals surface area contributed by atoms with Gasteiger partial charge >= 0.3 is 0 Å². The Hall–Kier alpha value is -4.36. The zero-order valence-corrected chi connectivity index (χ0v) is 23.8. The average molecular weight is 546 g/mol. The zero-order valence-electron chi connectivity index (χ0n) is 23.8. The topological polar surface area (TPSA) is 131 Å². The van der Waals surface area contributed by atoms with E-state index in [1.165, 1.54) is 19.1 Å². The van der Waals surface area contributed by atoms with Crippen molar-refractivity contribution in [3.05, 3.63) is 68.8 Å². The molecule has 1 amide bonds. The largest absolute Gasteiger partial charge is 0.496 e. The number of amides is 1. The molecule has 2 saturated heterocycles. The number of methoxy groups -OCH3 is 2. The van der Waals surface area contributed by atoms with E-state index in [2.05, 4.69) is 4.90 Å². The number of pyridine rings is 1. The molecule has 2 atom stereocenters. The summed E-state index contributed by atoms with van der Waals surface area (Å²) < 4.78 is 13.2. The van der Waals surface area contributed by atoms with Crippen LogP contribution in [0.15, 0.2) is 46.5 Å². The first kappa shape index (κ1) is 28.6. The summed E-state index contributed by atoms with van der Waals surface area (Å²) in [6, 6.07) is 6.10. The van der Waals surface area contributed by atoms with Gasteiger partial charge in [0.15, 0.2) is 5.78 Å². The highest BCUT2D eigenvalue weighted by molar-refractivity contribution is 5.98. The summed E-state index contributed by atoms with van der Waals surface area (Å²) in [6.07, 6.45) is 5.22. The van der Waals surface area contributed by atoms with Crippen LogP contribution in [0, 0.1) is 25.2 Å². The highest BCUT2D eigenvalue weighted by Gasteiger charge is 2.46. The second-order valence-electron chi connectivity index (χ2n) is 10.4. The van der Waals surface area contributed by atoms with Gasteiger partial charge in [0.25, 0.3) is 11.5 Å². The van der Waals surface area contributed by atoms with E-state index in [1.807, 2.05) is 38.2 Å².